The third-order valence-corrected chi connectivity index (χ3v) is 6.02. The predicted octanol–water partition coefficient (Wildman–Crippen LogP) is 2.35. The Bertz CT molecular complexity index is 770. The zero-order valence-corrected chi connectivity index (χ0v) is 13.2. The third-order valence-electron chi connectivity index (χ3n) is 3.87. The van der Waals surface area contributed by atoms with Crippen molar-refractivity contribution in [2.45, 2.75) is 38.6 Å². The highest BCUT2D eigenvalue weighted by Crippen LogP contribution is 2.29. The lowest BCUT2D eigenvalue weighted by molar-refractivity contribution is 0.331. The summed E-state index contributed by atoms with van der Waals surface area (Å²) in [6.45, 7) is 6.43. The van der Waals surface area contributed by atoms with Gasteiger partial charge in [-0.15, -0.1) is 0 Å². The molecule has 1 aliphatic rings. The van der Waals surface area contributed by atoms with Crippen molar-refractivity contribution in [3.63, 3.8) is 0 Å². The lowest BCUT2D eigenvalue weighted by Gasteiger charge is -2.26. The van der Waals surface area contributed by atoms with Crippen molar-refractivity contribution in [3.8, 4) is 0 Å². The Morgan fingerprint density at radius 1 is 1.19 bits per heavy atom. The predicted molar refractivity (Wildman–Crippen MR) is 78.5 cm³/mol. The van der Waals surface area contributed by atoms with E-state index in [4.69, 9.17) is 4.52 Å². The Morgan fingerprint density at radius 3 is 2.52 bits per heavy atom. The Kier molecular flexibility index (Phi) is 3.37. The molecule has 0 radical (unpaired) electrons. The van der Waals surface area contributed by atoms with Crippen LogP contribution >= 0.6 is 0 Å². The maximum atomic E-state index is 12.9. The summed E-state index contributed by atoms with van der Waals surface area (Å²) < 4.78 is 32.5. The minimum atomic E-state index is -3.50. The van der Waals surface area contributed by atoms with Gasteiger partial charge in [0.25, 0.3) is 0 Å². The molecule has 0 aliphatic carbocycles. The molecule has 5 nitrogen and oxygen atoms in total. The van der Waals surface area contributed by atoms with Crippen LogP contribution in [0.5, 0.6) is 0 Å². The molecule has 1 aromatic heterocycles. The Balaban J connectivity index is 2.03. The van der Waals surface area contributed by atoms with E-state index in [1.807, 2.05) is 32.9 Å². The van der Waals surface area contributed by atoms with Crippen molar-refractivity contribution < 1.29 is 12.9 Å². The fourth-order valence-electron chi connectivity index (χ4n) is 3.02. The summed E-state index contributed by atoms with van der Waals surface area (Å²) in [5.41, 5.74) is 3.52. The van der Waals surface area contributed by atoms with Gasteiger partial charge in [-0.05, 0) is 31.9 Å². The molecule has 2 heterocycles. The van der Waals surface area contributed by atoms with Crippen LogP contribution in [0.2, 0.25) is 0 Å². The van der Waals surface area contributed by atoms with Crippen molar-refractivity contribution in [2.24, 2.45) is 0 Å². The Hall–Kier alpha value is -1.66. The molecule has 21 heavy (non-hydrogen) atoms. The van der Waals surface area contributed by atoms with E-state index in [1.54, 1.807) is 6.20 Å². The minimum absolute atomic E-state index is 0.327. The van der Waals surface area contributed by atoms with Gasteiger partial charge in [-0.1, -0.05) is 22.9 Å². The first-order chi connectivity index (χ1) is 9.89. The average molecular weight is 306 g/mol. The van der Waals surface area contributed by atoms with E-state index in [0.29, 0.717) is 24.4 Å². The second-order valence-corrected chi connectivity index (χ2v) is 7.47. The summed E-state index contributed by atoms with van der Waals surface area (Å²) in [5, 5.41) is 3.74. The van der Waals surface area contributed by atoms with Crippen LogP contribution in [0.1, 0.15) is 28.0 Å². The molecule has 0 fully saturated rings. The molecular weight excluding hydrogens is 288 g/mol. The highest BCUT2D eigenvalue weighted by molar-refractivity contribution is 7.89. The van der Waals surface area contributed by atoms with Gasteiger partial charge in [0.2, 0.25) is 10.0 Å². The van der Waals surface area contributed by atoms with Gasteiger partial charge < -0.3 is 4.52 Å². The molecule has 0 amide bonds. The number of hydrogen-bond donors (Lipinski definition) is 0. The number of sulfonamides is 1. The van der Waals surface area contributed by atoms with Crippen molar-refractivity contribution in [3.05, 3.63) is 46.3 Å². The number of benzene rings is 1. The summed E-state index contributed by atoms with van der Waals surface area (Å²) in [6.07, 6.45) is 2.17. The fourth-order valence-corrected chi connectivity index (χ4v) is 4.85. The average Bonchev–Trinajstić information content (AvgIpc) is 2.83. The van der Waals surface area contributed by atoms with Gasteiger partial charge in [-0.25, -0.2) is 8.42 Å². The molecule has 2 aromatic rings. The van der Waals surface area contributed by atoms with Crippen molar-refractivity contribution >= 4 is 10.0 Å². The molecule has 1 aliphatic heterocycles. The summed E-state index contributed by atoms with van der Waals surface area (Å²) in [6, 6.07) is 3.82. The Morgan fingerprint density at radius 2 is 1.86 bits per heavy atom. The monoisotopic (exact) mass is 306 g/mol. The molecule has 0 atom stereocenters. The SMILES string of the molecule is Cc1cc(C)c(S(=O)(=O)N2CCc3oncc3C2)c(C)c1. The molecule has 0 N–H and O–H groups in total. The number of aromatic nitrogens is 1. The van der Waals surface area contributed by atoms with Gasteiger partial charge in [-0.2, -0.15) is 4.31 Å². The first-order valence-corrected chi connectivity index (χ1v) is 8.34. The number of fused-ring (bicyclic) bond motifs is 1. The number of rotatable bonds is 2. The van der Waals surface area contributed by atoms with Crippen LogP contribution in [-0.4, -0.2) is 24.4 Å². The zero-order chi connectivity index (χ0) is 15.2. The van der Waals surface area contributed by atoms with Crippen LogP contribution in [0.4, 0.5) is 0 Å². The molecule has 112 valence electrons. The highest BCUT2D eigenvalue weighted by atomic mass is 32.2. The maximum Gasteiger partial charge on any atom is 0.243 e. The first kappa shape index (κ1) is 14.3. The largest absolute Gasteiger partial charge is 0.361 e. The molecule has 0 bridgehead atoms. The van der Waals surface area contributed by atoms with Gasteiger partial charge in [0.05, 0.1) is 11.1 Å². The van der Waals surface area contributed by atoms with Gasteiger partial charge in [-0.3, -0.25) is 0 Å². The smallest absolute Gasteiger partial charge is 0.243 e. The molecular formula is C15H18N2O3S. The van der Waals surface area contributed by atoms with Crippen LogP contribution in [0, 0.1) is 20.8 Å². The molecule has 0 unspecified atom stereocenters. The lowest BCUT2D eigenvalue weighted by atomic mass is 10.1. The van der Waals surface area contributed by atoms with Gasteiger partial charge in [0.1, 0.15) is 5.76 Å². The van der Waals surface area contributed by atoms with Gasteiger partial charge >= 0.3 is 0 Å². The van der Waals surface area contributed by atoms with Crippen LogP contribution in [0.15, 0.2) is 27.7 Å². The molecule has 3 rings (SSSR count). The van der Waals surface area contributed by atoms with E-state index in [2.05, 4.69) is 5.16 Å². The fraction of sp³-hybridized carbons (Fsp3) is 0.400. The molecule has 0 spiro atoms. The Labute approximate surface area is 124 Å². The molecule has 0 saturated heterocycles. The van der Waals surface area contributed by atoms with E-state index in [9.17, 15) is 8.42 Å². The first-order valence-electron chi connectivity index (χ1n) is 6.90. The van der Waals surface area contributed by atoms with Gasteiger partial charge in [0, 0.05) is 25.1 Å². The van der Waals surface area contributed by atoms with E-state index in [-0.39, 0.29) is 0 Å². The quantitative estimate of drug-likeness (QED) is 0.854. The van der Waals surface area contributed by atoms with Crippen LogP contribution in [0.25, 0.3) is 0 Å². The third kappa shape index (κ3) is 2.38. The second kappa shape index (κ2) is 4.96. The minimum Gasteiger partial charge on any atom is -0.361 e. The molecule has 0 saturated carbocycles. The van der Waals surface area contributed by atoms with Crippen molar-refractivity contribution in [1.29, 1.82) is 0 Å². The zero-order valence-electron chi connectivity index (χ0n) is 12.4. The van der Waals surface area contributed by atoms with E-state index in [0.717, 1.165) is 28.0 Å². The van der Waals surface area contributed by atoms with Crippen LogP contribution < -0.4 is 0 Å². The lowest BCUT2D eigenvalue weighted by Crippen LogP contribution is -2.36. The topological polar surface area (TPSA) is 63.4 Å². The maximum absolute atomic E-state index is 12.9. The van der Waals surface area contributed by atoms with Crippen LogP contribution in [-0.2, 0) is 23.0 Å². The highest BCUT2D eigenvalue weighted by Gasteiger charge is 2.32. The van der Waals surface area contributed by atoms with E-state index < -0.39 is 10.0 Å². The standard InChI is InChI=1S/C15H18N2O3S/c1-10-6-11(2)15(12(3)7-10)21(18,19)17-5-4-14-13(9-17)8-16-20-14/h6-8H,4-5,9H2,1-3H3. The molecule has 1 aromatic carbocycles. The summed E-state index contributed by atoms with van der Waals surface area (Å²) in [5.74, 6) is 0.791. The number of nitrogens with zero attached hydrogens (tertiary/aromatic N) is 2. The summed E-state index contributed by atoms with van der Waals surface area (Å²) in [4.78, 5) is 0.424. The summed E-state index contributed by atoms with van der Waals surface area (Å²) in [7, 11) is -3.50. The van der Waals surface area contributed by atoms with Crippen LogP contribution in [0.3, 0.4) is 0 Å². The molecule has 6 heteroatoms. The van der Waals surface area contributed by atoms with Gasteiger partial charge in [0.15, 0.2) is 0 Å². The van der Waals surface area contributed by atoms with Crippen molar-refractivity contribution in [1.82, 2.24) is 9.46 Å². The van der Waals surface area contributed by atoms with E-state index >= 15 is 0 Å². The number of hydrogen-bond acceptors (Lipinski definition) is 4. The second-order valence-electron chi connectivity index (χ2n) is 5.59. The van der Waals surface area contributed by atoms with Crippen molar-refractivity contribution in [2.75, 3.05) is 6.54 Å². The normalized spacial score (nSPS) is 16.0. The number of aryl methyl sites for hydroxylation is 3. The van der Waals surface area contributed by atoms with E-state index in [1.165, 1.54) is 4.31 Å². The summed E-state index contributed by atoms with van der Waals surface area (Å²) >= 11 is 0.